The van der Waals surface area contributed by atoms with E-state index in [1.54, 1.807) is 0 Å². The third-order valence-electron chi connectivity index (χ3n) is 5.71. The summed E-state index contributed by atoms with van der Waals surface area (Å²) in [7, 11) is 0. The molecule has 0 aromatic carbocycles. The second-order valence-corrected chi connectivity index (χ2v) is 7.28. The third-order valence-corrected chi connectivity index (χ3v) is 5.71. The molecule has 1 saturated carbocycles. The van der Waals surface area contributed by atoms with Gasteiger partial charge in [0, 0.05) is 61.7 Å². The standard InChI is InChI=1S/C19H21N3O/c1-2-18(21-9-15(1)14-3-5-20-6-4-14)23-19-16-7-13-8-17(19)12-22(10-13)11-16/h1-6,9,13,16-17,19H,7-8,10-12H2. The molecule has 4 bridgehead atoms. The number of aromatic nitrogens is 2. The molecule has 2 unspecified atom stereocenters. The molecule has 4 heteroatoms. The second-order valence-electron chi connectivity index (χ2n) is 7.28. The number of pyridine rings is 2. The van der Waals surface area contributed by atoms with Crippen molar-refractivity contribution in [1.29, 1.82) is 0 Å². The number of ether oxygens (including phenoxy) is 1. The normalized spacial score (nSPS) is 34.5. The van der Waals surface area contributed by atoms with E-state index in [0.717, 1.165) is 22.9 Å². The molecule has 3 aliphatic heterocycles. The van der Waals surface area contributed by atoms with E-state index in [2.05, 4.69) is 20.9 Å². The Morgan fingerprint density at radius 2 is 1.70 bits per heavy atom. The highest BCUT2D eigenvalue weighted by Crippen LogP contribution is 2.44. The SMILES string of the molecule is c1cc(-c2ccc(OC3C4CC5CC3CN(C5)C4)nc2)ccn1. The summed E-state index contributed by atoms with van der Waals surface area (Å²) in [6.45, 7) is 3.75. The van der Waals surface area contributed by atoms with Crippen LogP contribution in [0.4, 0.5) is 0 Å². The molecular formula is C19H21N3O. The van der Waals surface area contributed by atoms with Crippen molar-refractivity contribution in [3.8, 4) is 17.0 Å². The minimum Gasteiger partial charge on any atom is -0.474 e. The van der Waals surface area contributed by atoms with Gasteiger partial charge in [0.05, 0.1) is 0 Å². The molecule has 0 spiro atoms. The van der Waals surface area contributed by atoms with Gasteiger partial charge in [0.2, 0.25) is 5.88 Å². The van der Waals surface area contributed by atoms with E-state index >= 15 is 0 Å². The van der Waals surface area contributed by atoms with Crippen molar-refractivity contribution in [2.75, 3.05) is 19.6 Å². The van der Waals surface area contributed by atoms with E-state index in [0.29, 0.717) is 17.9 Å². The number of hydrogen-bond acceptors (Lipinski definition) is 4. The van der Waals surface area contributed by atoms with E-state index in [9.17, 15) is 0 Å². The summed E-state index contributed by atoms with van der Waals surface area (Å²) in [6, 6.07) is 8.12. The Hall–Kier alpha value is -1.94. The van der Waals surface area contributed by atoms with Gasteiger partial charge in [-0.2, -0.15) is 0 Å². The zero-order chi connectivity index (χ0) is 15.2. The van der Waals surface area contributed by atoms with E-state index in [1.165, 1.54) is 32.5 Å². The van der Waals surface area contributed by atoms with Crippen LogP contribution in [0.25, 0.3) is 11.1 Å². The van der Waals surface area contributed by atoms with E-state index in [4.69, 9.17) is 4.74 Å². The fourth-order valence-corrected chi connectivity index (χ4v) is 4.86. The van der Waals surface area contributed by atoms with Gasteiger partial charge in [-0.3, -0.25) is 4.98 Å². The summed E-state index contributed by atoms with van der Waals surface area (Å²) in [5.74, 6) is 3.08. The number of piperidine rings is 3. The molecule has 2 atom stereocenters. The maximum absolute atomic E-state index is 6.33. The van der Waals surface area contributed by atoms with Gasteiger partial charge >= 0.3 is 0 Å². The highest BCUT2D eigenvalue weighted by molar-refractivity contribution is 5.61. The van der Waals surface area contributed by atoms with Crippen molar-refractivity contribution < 1.29 is 4.74 Å². The first-order chi connectivity index (χ1) is 11.3. The molecule has 0 amide bonds. The lowest BCUT2D eigenvalue weighted by atomic mass is 9.66. The molecule has 0 radical (unpaired) electrons. The van der Waals surface area contributed by atoms with Crippen molar-refractivity contribution in [3.63, 3.8) is 0 Å². The van der Waals surface area contributed by atoms with Crippen LogP contribution in [0.2, 0.25) is 0 Å². The van der Waals surface area contributed by atoms with Gasteiger partial charge in [0.25, 0.3) is 0 Å². The first kappa shape index (κ1) is 13.5. The Labute approximate surface area is 136 Å². The number of nitrogens with zero attached hydrogens (tertiary/aromatic N) is 3. The number of hydrogen-bond donors (Lipinski definition) is 0. The maximum atomic E-state index is 6.33. The fourth-order valence-electron chi connectivity index (χ4n) is 4.86. The van der Waals surface area contributed by atoms with Crippen molar-refractivity contribution in [1.82, 2.24) is 14.9 Å². The molecule has 23 heavy (non-hydrogen) atoms. The molecule has 4 nitrogen and oxygen atoms in total. The number of rotatable bonds is 3. The van der Waals surface area contributed by atoms with Crippen LogP contribution in [0.5, 0.6) is 5.88 Å². The summed E-state index contributed by atoms with van der Waals surface area (Å²) >= 11 is 0. The summed E-state index contributed by atoms with van der Waals surface area (Å²) in [5, 5.41) is 0. The largest absolute Gasteiger partial charge is 0.474 e. The molecule has 5 heterocycles. The van der Waals surface area contributed by atoms with Gasteiger partial charge in [-0.1, -0.05) is 0 Å². The van der Waals surface area contributed by atoms with E-state index in [1.807, 2.05) is 36.8 Å². The van der Waals surface area contributed by atoms with Crippen molar-refractivity contribution in [3.05, 3.63) is 42.9 Å². The van der Waals surface area contributed by atoms with Gasteiger partial charge in [0.15, 0.2) is 0 Å². The lowest BCUT2D eigenvalue weighted by Crippen LogP contribution is -2.61. The molecule has 2 aromatic rings. The Kier molecular flexibility index (Phi) is 3.11. The highest BCUT2D eigenvalue weighted by Gasteiger charge is 2.48. The van der Waals surface area contributed by atoms with Crippen LogP contribution in [0, 0.1) is 17.8 Å². The summed E-state index contributed by atoms with van der Waals surface area (Å²) in [5.41, 5.74) is 2.25. The Morgan fingerprint density at radius 1 is 0.913 bits per heavy atom. The maximum Gasteiger partial charge on any atom is 0.213 e. The van der Waals surface area contributed by atoms with Gasteiger partial charge in [0.1, 0.15) is 6.10 Å². The van der Waals surface area contributed by atoms with Crippen LogP contribution in [-0.2, 0) is 0 Å². The molecule has 0 N–H and O–H groups in total. The van der Waals surface area contributed by atoms with E-state index in [-0.39, 0.29) is 0 Å². The lowest BCUT2D eigenvalue weighted by molar-refractivity contribution is -0.0997. The summed E-state index contributed by atoms with van der Waals surface area (Å²) in [6.07, 6.45) is 8.57. The first-order valence-corrected chi connectivity index (χ1v) is 8.60. The van der Waals surface area contributed by atoms with Crippen LogP contribution in [0.15, 0.2) is 42.9 Å². The Morgan fingerprint density at radius 3 is 2.35 bits per heavy atom. The topological polar surface area (TPSA) is 38.2 Å². The van der Waals surface area contributed by atoms with Crippen LogP contribution >= 0.6 is 0 Å². The lowest BCUT2D eigenvalue weighted by Gasteiger charge is -2.55. The van der Waals surface area contributed by atoms with Crippen molar-refractivity contribution >= 4 is 0 Å². The van der Waals surface area contributed by atoms with Crippen LogP contribution in [0.1, 0.15) is 12.8 Å². The Bertz CT molecular complexity index is 658. The zero-order valence-corrected chi connectivity index (χ0v) is 13.1. The van der Waals surface area contributed by atoms with Crippen molar-refractivity contribution in [2.24, 2.45) is 17.8 Å². The highest BCUT2D eigenvalue weighted by atomic mass is 16.5. The average molecular weight is 307 g/mol. The average Bonchev–Trinajstić information content (AvgIpc) is 2.59. The van der Waals surface area contributed by atoms with Crippen LogP contribution in [-0.4, -0.2) is 40.6 Å². The van der Waals surface area contributed by atoms with Gasteiger partial charge < -0.3 is 9.64 Å². The monoisotopic (exact) mass is 307 g/mol. The zero-order valence-electron chi connectivity index (χ0n) is 13.1. The molecule has 6 rings (SSSR count). The molecule has 4 aliphatic rings. The minimum absolute atomic E-state index is 0.363. The fraction of sp³-hybridized carbons (Fsp3) is 0.474. The molecule has 2 aromatic heterocycles. The van der Waals surface area contributed by atoms with E-state index < -0.39 is 0 Å². The minimum atomic E-state index is 0.363. The van der Waals surface area contributed by atoms with Gasteiger partial charge in [-0.25, -0.2) is 4.98 Å². The van der Waals surface area contributed by atoms with Crippen LogP contribution in [0.3, 0.4) is 0 Å². The predicted octanol–water partition coefficient (Wildman–Crippen LogP) is 2.86. The molecule has 4 fully saturated rings. The molecule has 118 valence electrons. The van der Waals surface area contributed by atoms with Crippen molar-refractivity contribution in [2.45, 2.75) is 18.9 Å². The first-order valence-electron chi connectivity index (χ1n) is 8.60. The summed E-state index contributed by atoms with van der Waals surface area (Å²) in [4.78, 5) is 11.2. The molecule has 1 aliphatic carbocycles. The van der Waals surface area contributed by atoms with Gasteiger partial charge in [-0.15, -0.1) is 0 Å². The second kappa shape index (κ2) is 5.31. The van der Waals surface area contributed by atoms with Crippen LogP contribution < -0.4 is 4.74 Å². The third kappa shape index (κ3) is 2.41. The van der Waals surface area contributed by atoms with Gasteiger partial charge in [-0.05, 0) is 42.5 Å². The Balaban J connectivity index is 1.33. The molecule has 3 saturated heterocycles. The molecular weight excluding hydrogens is 286 g/mol. The summed E-state index contributed by atoms with van der Waals surface area (Å²) < 4.78 is 6.33. The quantitative estimate of drug-likeness (QED) is 0.874. The smallest absolute Gasteiger partial charge is 0.213 e. The predicted molar refractivity (Wildman–Crippen MR) is 88.0 cm³/mol.